The molecule has 0 N–H and O–H groups in total. The molecule has 2 amide bonds. The molecule has 0 atom stereocenters. The van der Waals surface area contributed by atoms with Gasteiger partial charge in [-0.3, -0.25) is 19.7 Å². The molecule has 3 rings (SSSR count). The first-order valence-electron chi connectivity index (χ1n) is 8.13. The van der Waals surface area contributed by atoms with Gasteiger partial charge in [-0.1, -0.05) is 17.7 Å². The van der Waals surface area contributed by atoms with Crippen LogP contribution in [0.4, 0.5) is 5.69 Å². The number of nitro groups is 1. The Balaban J connectivity index is 1.53. The lowest BCUT2D eigenvalue weighted by Crippen LogP contribution is -2.51. The average molecular weight is 410 g/mol. The number of carbonyl (C=O) groups excluding carboxylic acids is 2. The Kier molecular flexibility index (Phi) is 5.92. The number of hydrogen-bond donors (Lipinski definition) is 0. The smallest absolute Gasteiger partial charge is 0.312 e. The fourth-order valence-corrected chi connectivity index (χ4v) is 3.56. The number of nitro benzene ring substituents is 1. The number of carbonyl (C=O) groups is 2. The molecule has 1 fully saturated rings. The maximum Gasteiger partial charge on any atom is 0.312 e. The van der Waals surface area contributed by atoms with E-state index < -0.39 is 4.92 Å². The predicted molar refractivity (Wildman–Crippen MR) is 100 cm³/mol. The van der Waals surface area contributed by atoms with E-state index in [1.54, 1.807) is 15.9 Å². The Morgan fingerprint density at radius 1 is 1.19 bits per heavy atom. The van der Waals surface area contributed by atoms with Crippen molar-refractivity contribution in [3.63, 3.8) is 0 Å². The van der Waals surface area contributed by atoms with Gasteiger partial charge in [-0.2, -0.15) is 0 Å². The first-order valence-corrected chi connectivity index (χ1v) is 9.39. The van der Waals surface area contributed by atoms with E-state index in [-0.39, 0.29) is 34.9 Å². The zero-order valence-electron chi connectivity index (χ0n) is 14.2. The van der Waals surface area contributed by atoms with Gasteiger partial charge < -0.3 is 14.5 Å². The number of halogens is 1. The molecule has 2 aromatic rings. The van der Waals surface area contributed by atoms with Gasteiger partial charge >= 0.3 is 5.69 Å². The van der Waals surface area contributed by atoms with Crippen molar-refractivity contribution in [1.29, 1.82) is 0 Å². The largest absolute Gasteiger partial charge is 0.477 e. The van der Waals surface area contributed by atoms with Gasteiger partial charge in [0.1, 0.15) is 0 Å². The molecule has 1 aromatic carbocycles. The van der Waals surface area contributed by atoms with E-state index in [2.05, 4.69) is 0 Å². The van der Waals surface area contributed by atoms with Gasteiger partial charge in [-0.05, 0) is 23.6 Å². The third-order valence-corrected chi connectivity index (χ3v) is 5.21. The molecule has 142 valence electrons. The highest BCUT2D eigenvalue weighted by molar-refractivity contribution is 7.12. The van der Waals surface area contributed by atoms with Gasteiger partial charge in [-0.15, -0.1) is 11.3 Å². The van der Waals surface area contributed by atoms with Gasteiger partial charge in [0.15, 0.2) is 12.4 Å². The molecule has 1 aromatic heterocycles. The summed E-state index contributed by atoms with van der Waals surface area (Å²) in [5.41, 5.74) is -0.290. The van der Waals surface area contributed by atoms with Crippen molar-refractivity contribution >= 4 is 40.4 Å². The van der Waals surface area contributed by atoms with Crippen LogP contribution in [0.5, 0.6) is 5.75 Å². The molecule has 0 saturated carbocycles. The summed E-state index contributed by atoms with van der Waals surface area (Å²) in [5, 5.41) is 13.1. The quantitative estimate of drug-likeness (QED) is 0.559. The molecule has 0 unspecified atom stereocenters. The molecule has 1 aliphatic rings. The van der Waals surface area contributed by atoms with E-state index in [9.17, 15) is 19.7 Å². The second-order valence-electron chi connectivity index (χ2n) is 5.81. The number of rotatable bonds is 5. The second kappa shape index (κ2) is 8.36. The molecule has 1 saturated heterocycles. The summed E-state index contributed by atoms with van der Waals surface area (Å²) in [6.07, 6.45) is 0. The van der Waals surface area contributed by atoms with Crippen LogP contribution in [0.3, 0.4) is 0 Å². The minimum absolute atomic E-state index is 0.00995. The molecule has 2 heterocycles. The number of ether oxygens (including phenoxy) is 1. The maximum absolute atomic E-state index is 12.3. The second-order valence-corrected chi connectivity index (χ2v) is 7.19. The van der Waals surface area contributed by atoms with E-state index >= 15 is 0 Å². The highest BCUT2D eigenvalue weighted by Gasteiger charge is 2.26. The zero-order chi connectivity index (χ0) is 19.4. The fraction of sp³-hybridized carbons (Fsp3) is 0.294. The lowest BCUT2D eigenvalue weighted by Gasteiger charge is -2.34. The lowest BCUT2D eigenvalue weighted by molar-refractivity contribution is -0.385. The molecule has 10 heteroatoms. The van der Waals surface area contributed by atoms with Crippen LogP contribution in [0.15, 0.2) is 35.7 Å². The Morgan fingerprint density at radius 3 is 2.52 bits per heavy atom. The van der Waals surface area contributed by atoms with Crippen LogP contribution < -0.4 is 4.74 Å². The normalized spacial score (nSPS) is 14.1. The monoisotopic (exact) mass is 409 g/mol. The van der Waals surface area contributed by atoms with Gasteiger partial charge in [0.05, 0.1) is 9.80 Å². The maximum atomic E-state index is 12.3. The van der Waals surface area contributed by atoms with Crippen molar-refractivity contribution in [2.75, 3.05) is 32.8 Å². The van der Waals surface area contributed by atoms with Crippen molar-refractivity contribution in [3.05, 3.63) is 55.7 Å². The van der Waals surface area contributed by atoms with E-state index in [1.165, 1.54) is 29.5 Å². The number of nitrogens with zero attached hydrogens (tertiary/aromatic N) is 3. The summed E-state index contributed by atoms with van der Waals surface area (Å²) < 4.78 is 5.33. The summed E-state index contributed by atoms with van der Waals surface area (Å²) in [6.45, 7) is 1.33. The summed E-state index contributed by atoms with van der Waals surface area (Å²) in [4.78, 5) is 39.0. The highest BCUT2D eigenvalue weighted by Crippen LogP contribution is 2.29. The molecular weight excluding hydrogens is 394 g/mol. The number of piperazine rings is 1. The summed E-state index contributed by atoms with van der Waals surface area (Å²) in [6, 6.07) is 7.60. The molecule has 0 bridgehead atoms. The Morgan fingerprint density at radius 2 is 1.89 bits per heavy atom. The van der Waals surface area contributed by atoms with Crippen LogP contribution in [0.25, 0.3) is 0 Å². The third kappa shape index (κ3) is 4.55. The summed E-state index contributed by atoms with van der Waals surface area (Å²) in [7, 11) is 0. The van der Waals surface area contributed by atoms with Crippen molar-refractivity contribution in [2.24, 2.45) is 0 Å². The van der Waals surface area contributed by atoms with Crippen molar-refractivity contribution in [2.45, 2.75) is 0 Å². The van der Waals surface area contributed by atoms with Crippen molar-refractivity contribution in [3.8, 4) is 5.75 Å². The van der Waals surface area contributed by atoms with Gasteiger partial charge in [0.25, 0.3) is 11.8 Å². The van der Waals surface area contributed by atoms with E-state index in [4.69, 9.17) is 16.3 Å². The standard InChI is InChI=1S/C17H16ClN3O5S/c18-12-3-4-14(13(10-12)21(24)25)26-11-16(22)19-5-7-20(8-6-19)17(23)15-2-1-9-27-15/h1-4,9-10H,5-8,11H2. The number of thiophene rings is 1. The summed E-state index contributed by atoms with van der Waals surface area (Å²) in [5.74, 6) is -0.336. The molecular formula is C17H16ClN3O5S. The van der Waals surface area contributed by atoms with Gasteiger partial charge in [-0.25, -0.2) is 0 Å². The topological polar surface area (TPSA) is 93.0 Å². The molecule has 1 aliphatic heterocycles. The minimum Gasteiger partial charge on any atom is -0.477 e. The Hall–Kier alpha value is -2.65. The number of hydrogen-bond acceptors (Lipinski definition) is 6. The number of benzene rings is 1. The van der Waals surface area contributed by atoms with E-state index in [0.717, 1.165) is 0 Å². The molecule has 0 spiro atoms. The van der Waals surface area contributed by atoms with E-state index in [0.29, 0.717) is 31.1 Å². The van der Waals surface area contributed by atoms with Gasteiger partial charge in [0, 0.05) is 37.3 Å². The fourth-order valence-electron chi connectivity index (χ4n) is 2.70. The first kappa shape index (κ1) is 19.1. The predicted octanol–water partition coefficient (Wildman–Crippen LogP) is 2.67. The number of amides is 2. The van der Waals surface area contributed by atoms with Crippen LogP contribution in [0.1, 0.15) is 9.67 Å². The van der Waals surface area contributed by atoms with Crippen LogP contribution in [0.2, 0.25) is 5.02 Å². The summed E-state index contributed by atoms with van der Waals surface area (Å²) >= 11 is 7.14. The molecule has 0 aliphatic carbocycles. The molecule has 8 nitrogen and oxygen atoms in total. The van der Waals surface area contributed by atoms with Crippen LogP contribution in [-0.4, -0.2) is 59.3 Å². The molecule has 27 heavy (non-hydrogen) atoms. The Labute approximate surface area is 164 Å². The van der Waals surface area contributed by atoms with Crippen molar-refractivity contribution in [1.82, 2.24) is 9.80 Å². The zero-order valence-corrected chi connectivity index (χ0v) is 15.7. The van der Waals surface area contributed by atoms with Crippen molar-refractivity contribution < 1.29 is 19.2 Å². The lowest BCUT2D eigenvalue weighted by atomic mass is 10.3. The van der Waals surface area contributed by atoms with Gasteiger partial charge in [0.2, 0.25) is 0 Å². The van der Waals surface area contributed by atoms with Crippen LogP contribution in [0, 0.1) is 10.1 Å². The average Bonchev–Trinajstić information content (AvgIpc) is 3.21. The highest BCUT2D eigenvalue weighted by atomic mass is 35.5. The first-order chi connectivity index (χ1) is 13.0. The molecule has 0 radical (unpaired) electrons. The Bertz CT molecular complexity index is 850. The van der Waals surface area contributed by atoms with Crippen LogP contribution in [-0.2, 0) is 4.79 Å². The van der Waals surface area contributed by atoms with Crippen LogP contribution >= 0.6 is 22.9 Å². The SMILES string of the molecule is O=C(COc1ccc(Cl)cc1[N+](=O)[O-])N1CCN(C(=O)c2cccs2)CC1. The van der Waals surface area contributed by atoms with E-state index in [1.807, 2.05) is 11.4 Å². The third-order valence-electron chi connectivity index (χ3n) is 4.12. The minimum atomic E-state index is -0.610.